The highest BCUT2D eigenvalue weighted by atomic mass is 16.1. The third-order valence-corrected chi connectivity index (χ3v) is 3.57. The number of carbonyl (C=O) groups is 1. The average molecular weight is 261 g/mol. The average Bonchev–Trinajstić information content (AvgIpc) is 2.93. The molecule has 1 aliphatic heterocycles. The van der Waals surface area contributed by atoms with Crippen LogP contribution in [0.3, 0.4) is 0 Å². The quantitative estimate of drug-likeness (QED) is 0.853. The van der Waals surface area contributed by atoms with E-state index in [2.05, 4.69) is 21.6 Å². The fourth-order valence-electron chi connectivity index (χ4n) is 2.47. The van der Waals surface area contributed by atoms with Crippen LogP contribution in [0.15, 0.2) is 24.3 Å². The maximum absolute atomic E-state index is 12.1. The Morgan fingerprint density at radius 2 is 2.00 bits per heavy atom. The van der Waals surface area contributed by atoms with E-state index in [4.69, 9.17) is 0 Å². The molecular weight excluding hydrogens is 238 g/mol. The molecule has 1 heterocycles. The molecule has 4 nitrogen and oxygen atoms in total. The first-order valence-electron chi connectivity index (χ1n) is 7.02. The Morgan fingerprint density at radius 1 is 1.32 bits per heavy atom. The largest absolute Gasteiger partial charge is 0.370 e. The van der Waals surface area contributed by atoms with Gasteiger partial charge in [0.25, 0.3) is 0 Å². The molecule has 1 aromatic carbocycles. The van der Waals surface area contributed by atoms with Crippen LogP contribution in [0.2, 0.25) is 0 Å². The minimum absolute atomic E-state index is 0.0309. The monoisotopic (exact) mass is 261 g/mol. The zero-order chi connectivity index (χ0) is 13.7. The maximum Gasteiger partial charge on any atom is 0.228 e. The number of para-hydroxylation sites is 2. The predicted molar refractivity (Wildman–Crippen MR) is 79.6 cm³/mol. The summed E-state index contributed by atoms with van der Waals surface area (Å²) in [4.78, 5) is 14.4. The fourth-order valence-corrected chi connectivity index (χ4v) is 2.47. The van der Waals surface area contributed by atoms with Crippen LogP contribution in [0.4, 0.5) is 11.4 Å². The standard InChI is InChI=1S/C15H23N3O/c1-12(11-16-2)15(19)17-13-7-3-4-8-14(13)18-9-5-6-10-18/h3-4,7-8,12,16H,5-6,9-11H2,1-2H3,(H,17,19). The van der Waals surface area contributed by atoms with E-state index in [0.29, 0.717) is 6.54 Å². The van der Waals surface area contributed by atoms with Crippen molar-refractivity contribution in [1.29, 1.82) is 0 Å². The van der Waals surface area contributed by atoms with E-state index in [0.717, 1.165) is 24.5 Å². The van der Waals surface area contributed by atoms with Crippen molar-refractivity contribution in [3.63, 3.8) is 0 Å². The Balaban J connectivity index is 2.09. The number of nitrogens with zero attached hydrogens (tertiary/aromatic N) is 1. The number of rotatable bonds is 5. The minimum Gasteiger partial charge on any atom is -0.370 e. The van der Waals surface area contributed by atoms with Crippen molar-refractivity contribution in [2.45, 2.75) is 19.8 Å². The lowest BCUT2D eigenvalue weighted by atomic mass is 10.1. The summed E-state index contributed by atoms with van der Waals surface area (Å²) in [5.41, 5.74) is 2.07. The molecule has 0 bridgehead atoms. The molecule has 1 saturated heterocycles. The summed E-state index contributed by atoms with van der Waals surface area (Å²) in [6, 6.07) is 8.07. The zero-order valence-corrected chi connectivity index (χ0v) is 11.8. The normalized spacial score (nSPS) is 16.4. The van der Waals surface area contributed by atoms with Crippen LogP contribution in [-0.4, -0.2) is 32.6 Å². The molecule has 0 aliphatic carbocycles. The van der Waals surface area contributed by atoms with Crippen molar-refractivity contribution < 1.29 is 4.79 Å². The van der Waals surface area contributed by atoms with E-state index in [1.807, 2.05) is 32.2 Å². The van der Waals surface area contributed by atoms with Gasteiger partial charge in [0.15, 0.2) is 0 Å². The molecule has 4 heteroatoms. The van der Waals surface area contributed by atoms with Crippen molar-refractivity contribution >= 4 is 17.3 Å². The maximum atomic E-state index is 12.1. The van der Waals surface area contributed by atoms with Gasteiger partial charge < -0.3 is 15.5 Å². The number of hydrogen-bond acceptors (Lipinski definition) is 3. The summed E-state index contributed by atoms with van der Waals surface area (Å²) in [5, 5.41) is 6.08. The summed E-state index contributed by atoms with van der Waals surface area (Å²) in [7, 11) is 1.86. The highest BCUT2D eigenvalue weighted by Gasteiger charge is 2.18. The van der Waals surface area contributed by atoms with Gasteiger partial charge in [-0.25, -0.2) is 0 Å². The number of carbonyl (C=O) groups excluding carboxylic acids is 1. The molecule has 2 N–H and O–H groups in total. The third kappa shape index (κ3) is 3.47. The van der Waals surface area contributed by atoms with Gasteiger partial charge >= 0.3 is 0 Å². The van der Waals surface area contributed by atoms with Crippen molar-refractivity contribution in [2.75, 3.05) is 36.9 Å². The number of hydrogen-bond donors (Lipinski definition) is 2. The summed E-state index contributed by atoms with van der Waals surface area (Å²) in [6.07, 6.45) is 2.47. The molecule has 0 saturated carbocycles. The lowest BCUT2D eigenvalue weighted by Gasteiger charge is -2.22. The Labute approximate surface area is 115 Å². The van der Waals surface area contributed by atoms with Crippen LogP contribution in [-0.2, 0) is 4.79 Å². The van der Waals surface area contributed by atoms with Gasteiger partial charge in [-0.3, -0.25) is 4.79 Å². The molecular formula is C15H23N3O. The van der Waals surface area contributed by atoms with Crippen LogP contribution < -0.4 is 15.5 Å². The second-order valence-electron chi connectivity index (χ2n) is 5.16. The number of benzene rings is 1. The van der Waals surface area contributed by atoms with Crippen molar-refractivity contribution in [2.24, 2.45) is 5.92 Å². The summed E-state index contributed by atoms with van der Waals surface area (Å²) in [6.45, 7) is 4.79. The lowest BCUT2D eigenvalue weighted by molar-refractivity contribution is -0.119. The molecule has 104 valence electrons. The Bertz CT molecular complexity index is 427. The van der Waals surface area contributed by atoms with E-state index < -0.39 is 0 Å². The summed E-state index contributed by atoms with van der Waals surface area (Å²) < 4.78 is 0. The number of nitrogens with one attached hydrogen (secondary N) is 2. The molecule has 1 unspecified atom stereocenters. The topological polar surface area (TPSA) is 44.4 Å². The first-order valence-corrected chi connectivity index (χ1v) is 7.02. The first kappa shape index (κ1) is 13.9. The minimum atomic E-state index is -0.0309. The fraction of sp³-hybridized carbons (Fsp3) is 0.533. The Kier molecular flexibility index (Phi) is 4.80. The second kappa shape index (κ2) is 6.57. The Morgan fingerprint density at radius 3 is 2.68 bits per heavy atom. The number of amides is 1. The Hall–Kier alpha value is -1.55. The van der Waals surface area contributed by atoms with Gasteiger partial charge in [0, 0.05) is 25.6 Å². The molecule has 1 aliphatic rings. The van der Waals surface area contributed by atoms with Gasteiger partial charge in [-0.05, 0) is 32.0 Å². The van der Waals surface area contributed by atoms with Gasteiger partial charge in [0.1, 0.15) is 0 Å². The van der Waals surface area contributed by atoms with Gasteiger partial charge in [0.05, 0.1) is 11.4 Å². The smallest absolute Gasteiger partial charge is 0.228 e. The highest BCUT2D eigenvalue weighted by molar-refractivity contribution is 5.95. The third-order valence-electron chi connectivity index (χ3n) is 3.57. The van der Waals surface area contributed by atoms with Crippen LogP contribution in [0.5, 0.6) is 0 Å². The molecule has 1 amide bonds. The molecule has 0 aromatic heterocycles. The number of anilines is 2. The molecule has 2 rings (SSSR count). The molecule has 1 atom stereocenters. The van der Waals surface area contributed by atoms with Crippen LogP contribution in [0, 0.1) is 5.92 Å². The van der Waals surface area contributed by atoms with Crippen molar-refractivity contribution in [3.8, 4) is 0 Å². The van der Waals surface area contributed by atoms with Gasteiger partial charge in [-0.2, -0.15) is 0 Å². The van der Waals surface area contributed by atoms with E-state index >= 15 is 0 Å². The molecule has 0 radical (unpaired) electrons. The summed E-state index contributed by atoms with van der Waals surface area (Å²) >= 11 is 0. The predicted octanol–water partition coefficient (Wildman–Crippen LogP) is 2.08. The van der Waals surface area contributed by atoms with Crippen molar-refractivity contribution in [3.05, 3.63) is 24.3 Å². The molecule has 19 heavy (non-hydrogen) atoms. The molecule has 1 aromatic rings. The van der Waals surface area contributed by atoms with Gasteiger partial charge in [-0.1, -0.05) is 19.1 Å². The SMILES string of the molecule is CNCC(C)C(=O)Nc1ccccc1N1CCCC1. The van der Waals surface area contributed by atoms with Crippen LogP contribution >= 0.6 is 0 Å². The van der Waals surface area contributed by atoms with E-state index in [9.17, 15) is 4.79 Å². The van der Waals surface area contributed by atoms with Gasteiger partial charge in [-0.15, -0.1) is 0 Å². The highest BCUT2D eigenvalue weighted by Crippen LogP contribution is 2.28. The lowest BCUT2D eigenvalue weighted by Crippen LogP contribution is -2.29. The summed E-state index contributed by atoms with van der Waals surface area (Å²) in [5.74, 6) is 0.0395. The first-order chi connectivity index (χ1) is 9.22. The van der Waals surface area contributed by atoms with E-state index in [-0.39, 0.29) is 11.8 Å². The molecule has 1 fully saturated rings. The zero-order valence-electron chi connectivity index (χ0n) is 11.8. The van der Waals surface area contributed by atoms with Crippen LogP contribution in [0.25, 0.3) is 0 Å². The second-order valence-corrected chi connectivity index (χ2v) is 5.16. The molecule has 0 spiro atoms. The van der Waals surface area contributed by atoms with Crippen molar-refractivity contribution in [1.82, 2.24) is 5.32 Å². The van der Waals surface area contributed by atoms with E-state index in [1.54, 1.807) is 0 Å². The van der Waals surface area contributed by atoms with Crippen LogP contribution in [0.1, 0.15) is 19.8 Å². The van der Waals surface area contributed by atoms with Gasteiger partial charge in [0.2, 0.25) is 5.91 Å². The van der Waals surface area contributed by atoms with E-state index in [1.165, 1.54) is 12.8 Å².